The molecule has 0 amide bonds. The van der Waals surface area contributed by atoms with Gasteiger partial charge in [-0.05, 0) is 32.9 Å². The normalized spacial score (nSPS) is 13.2. The third kappa shape index (κ3) is 4.44. The van der Waals surface area contributed by atoms with Crippen molar-refractivity contribution in [3.05, 3.63) is 107 Å². The fraction of sp³-hybridized carbons (Fsp3) is 0.200. The van der Waals surface area contributed by atoms with Crippen molar-refractivity contribution in [3.63, 3.8) is 0 Å². The zero-order valence-electron chi connectivity index (χ0n) is 17.0. The van der Waals surface area contributed by atoms with Crippen molar-refractivity contribution < 1.29 is 9.73 Å². The Morgan fingerprint density at radius 1 is 0.759 bits per heavy atom. The van der Waals surface area contributed by atoms with E-state index in [0.29, 0.717) is 11.8 Å². The highest BCUT2D eigenvalue weighted by Gasteiger charge is 2.25. The summed E-state index contributed by atoms with van der Waals surface area (Å²) in [6.07, 6.45) is 0. The highest BCUT2D eigenvalue weighted by atomic mass is 16.4. The number of nitrogens with zero attached hydrogens (tertiary/aromatic N) is 2. The van der Waals surface area contributed by atoms with Crippen LogP contribution in [0.15, 0.2) is 83.3 Å². The molecule has 0 radical (unpaired) electrons. The zero-order valence-corrected chi connectivity index (χ0v) is 17.0. The molecular weight excluding hydrogens is 358 g/mol. The molecule has 2 atom stereocenters. The second-order valence-corrected chi connectivity index (χ2v) is 7.60. The summed E-state index contributed by atoms with van der Waals surface area (Å²) >= 11 is 0. The molecule has 0 unspecified atom stereocenters. The average Bonchev–Trinajstić information content (AvgIpc) is 3.24. The summed E-state index contributed by atoms with van der Waals surface area (Å²) in [6, 6.07) is 27.6. The number of aryl methyl sites for hydroxylation is 2. The summed E-state index contributed by atoms with van der Waals surface area (Å²) in [7, 11) is 0. The molecule has 146 valence electrons. The van der Waals surface area contributed by atoms with E-state index in [1.165, 1.54) is 22.3 Å². The van der Waals surface area contributed by atoms with Gasteiger partial charge in [0.2, 0.25) is 5.89 Å². The number of nitrogens with two attached hydrogens (primary N) is 1. The Kier molecular flexibility index (Phi) is 5.54. The van der Waals surface area contributed by atoms with Gasteiger partial charge in [0.15, 0.2) is 6.04 Å². The minimum Gasteiger partial charge on any atom is -0.415 e. The first-order valence-electron chi connectivity index (χ1n) is 9.97. The van der Waals surface area contributed by atoms with E-state index in [1.54, 1.807) is 0 Å². The topological polar surface area (TPSA) is 55.5 Å². The Morgan fingerprint density at radius 3 is 2.21 bits per heavy atom. The fourth-order valence-corrected chi connectivity index (χ4v) is 3.53. The number of quaternary nitrogens is 1. The van der Waals surface area contributed by atoms with Gasteiger partial charge in [0.1, 0.15) is 6.04 Å². The lowest BCUT2D eigenvalue weighted by atomic mass is 9.97. The second-order valence-electron chi connectivity index (χ2n) is 7.60. The monoisotopic (exact) mass is 384 g/mol. The Balaban J connectivity index is 1.60. The SMILES string of the molecule is Cc1ccc([C@H]([NH2+][C@H](C)c2nnc(-c3cccc(C)c3)o2)c2ccccc2)cc1. The molecule has 2 N–H and O–H groups in total. The quantitative estimate of drug-likeness (QED) is 0.521. The molecule has 0 saturated carbocycles. The molecule has 0 spiro atoms. The van der Waals surface area contributed by atoms with Gasteiger partial charge in [0.05, 0.1) is 0 Å². The van der Waals surface area contributed by atoms with Crippen molar-refractivity contribution in [2.45, 2.75) is 32.9 Å². The minimum atomic E-state index is 0.0209. The van der Waals surface area contributed by atoms with Gasteiger partial charge in [0, 0.05) is 16.7 Å². The first-order chi connectivity index (χ1) is 14.1. The predicted octanol–water partition coefficient (Wildman–Crippen LogP) is 4.77. The Morgan fingerprint density at radius 2 is 1.48 bits per heavy atom. The molecule has 4 aromatic rings. The van der Waals surface area contributed by atoms with Crippen LogP contribution in [0.3, 0.4) is 0 Å². The van der Waals surface area contributed by atoms with Gasteiger partial charge >= 0.3 is 0 Å². The molecule has 0 saturated heterocycles. The van der Waals surface area contributed by atoms with E-state index in [1.807, 2.05) is 18.2 Å². The highest BCUT2D eigenvalue weighted by molar-refractivity contribution is 5.53. The molecule has 0 fully saturated rings. The van der Waals surface area contributed by atoms with Crippen LogP contribution in [-0.2, 0) is 0 Å². The standard InChI is InChI=1S/C25H25N3O/c1-17-12-14-21(15-13-17)23(20-9-5-4-6-10-20)26-19(3)24-27-28-25(29-24)22-11-7-8-18(2)16-22/h4-16,19,23,26H,1-3H3/p+1/t19-,23-/m1/s1. The van der Waals surface area contributed by atoms with Gasteiger partial charge in [0.25, 0.3) is 5.89 Å². The van der Waals surface area contributed by atoms with E-state index in [-0.39, 0.29) is 12.1 Å². The lowest BCUT2D eigenvalue weighted by molar-refractivity contribution is -0.725. The van der Waals surface area contributed by atoms with Crippen LogP contribution < -0.4 is 5.32 Å². The molecule has 1 heterocycles. The molecule has 0 aliphatic heterocycles. The molecule has 29 heavy (non-hydrogen) atoms. The molecule has 1 aromatic heterocycles. The highest BCUT2D eigenvalue weighted by Crippen LogP contribution is 2.23. The van der Waals surface area contributed by atoms with Crippen LogP contribution in [0.4, 0.5) is 0 Å². The van der Waals surface area contributed by atoms with Crippen molar-refractivity contribution in [1.29, 1.82) is 0 Å². The van der Waals surface area contributed by atoms with E-state index in [9.17, 15) is 0 Å². The van der Waals surface area contributed by atoms with E-state index in [4.69, 9.17) is 4.42 Å². The van der Waals surface area contributed by atoms with E-state index in [0.717, 1.165) is 5.56 Å². The summed E-state index contributed by atoms with van der Waals surface area (Å²) in [4.78, 5) is 0. The number of hydrogen-bond acceptors (Lipinski definition) is 3. The Labute approximate surface area is 171 Å². The molecule has 3 aromatic carbocycles. The van der Waals surface area contributed by atoms with Crippen LogP contribution >= 0.6 is 0 Å². The predicted molar refractivity (Wildman–Crippen MR) is 114 cm³/mol. The summed E-state index contributed by atoms with van der Waals surface area (Å²) in [5.74, 6) is 1.20. The Bertz CT molecular complexity index is 1070. The van der Waals surface area contributed by atoms with Gasteiger partial charge in [-0.15, -0.1) is 10.2 Å². The van der Waals surface area contributed by atoms with Crippen LogP contribution in [0.2, 0.25) is 0 Å². The van der Waals surface area contributed by atoms with Gasteiger partial charge in [-0.1, -0.05) is 77.9 Å². The van der Waals surface area contributed by atoms with Crippen molar-refractivity contribution in [1.82, 2.24) is 10.2 Å². The van der Waals surface area contributed by atoms with Crippen LogP contribution in [-0.4, -0.2) is 10.2 Å². The summed E-state index contributed by atoms with van der Waals surface area (Å²) < 4.78 is 6.02. The number of benzene rings is 3. The van der Waals surface area contributed by atoms with Gasteiger partial charge in [-0.25, -0.2) is 0 Å². The third-order valence-corrected chi connectivity index (χ3v) is 5.17. The molecular formula is C25H26N3O+. The van der Waals surface area contributed by atoms with E-state index < -0.39 is 0 Å². The number of rotatable bonds is 6. The molecule has 0 aliphatic rings. The maximum absolute atomic E-state index is 6.02. The van der Waals surface area contributed by atoms with Gasteiger partial charge in [-0.3, -0.25) is 0 Å². The fourth-order valence-electron chi connectivity index (χ4n) is 3.53. The van der Waals surface area contributed by atoms with E-state index in [2.05, 4.69) is 96.9 Å². The summed E-state index contributed by atoms with van der Waals surface area (Å²) in [6.45, 7) is 6.28. The maximum atomic E-state index is 6.02. The van der Waals surface area contributed by atoms with E-state index >= 15 is 0 Å². The molecule has 0 aliphatic carbocycles. The smallest absolute Gasteiger partial charge is 0.274 e. The molecule has 4 rings (SSSR count). The van der Waals surface area contributed by atoms with Crippen LogP contribution in [0.1, 0.15) is 47.2 Å². The lowest BCUT2D eigenvalue weighted by Crippen LogP contribution is -2.86. The lowest BCUT2D eigenvalue weighted by Gasteiger charge is -2.19. The van der Waals surface area contributed by atoms with Gasteiger partial charge in [-0.2, -0.15) is 0 Å². The number of hydrogen-bond donors (Lipinski definition) is 1. The van der Waals surface area contributed by atoms with Crippen molar-refractivity contribution in [3.8, 4) is 11.5 Å². The molecule has 4 heteroatoms. The first kappa shape index (κ1) is 19.1. The third-order valence-electron chi connectivity index (χ3n) is 5.17. The van der Waals surface area contributed by atoms with Crippen LogP contribution in [0, 0.1) is 13.8 Å². The molecule has 0 bridgehead atoms. The number of aromatic nitrogens is 2. The van der Waals surface area contributed by atoms with Crippen molar-refractivity contribution in [2.24, 2.45) is 0 Å². The average molecular weight is 385 g/mol. The largest absolute Gasteiger partial charge is 0.415 e. The van der Waals surface area contributed by atoms with Crippen molar-refractivity contribution in [2.75, 3.05) is 0 Å². The minimum absolute atomic E-state index is 0.0209. The molecule has 4 nitrogen and oxygen atoms in total. The van der Waals surface area contributed by atoms with Crippen molar-refractivity contribution >= 4 is 0 Å². The van der Waals surface area contributed by atoms with Crippen LogP contribution in [0.25, 0.3) is 11.5 Å². The maximum Gasteiger partial charge on any atom is 0.274 e. The summed E-state index contributed by atoms with van der Waals surface area (Å²) in [5.41, 5.74) is 5.89. The zero-order chi connectivity index (χ0) is 20.2. The van der Waals surface area contributed by atoms with Crippen LogP contribution in [0.5, 0.6) is 0 Å². The second kappa shape index (κ2) is 8.41. The Hall–Kier alpha value is -3.24. The first-order valence-corrected chi connectivity index (χ1v) is 9.97. The summed E-state index contributed by atoms with van der Waals surface area (Å²) in [5, 5.41) is 10.9. The van der Waals surface area contributed by atoms with Gasteiger partial charge < -0.3 is 9.73 Å².